The van der Waals surface area contributed by atoms with Gasteiger partial charge in [0.15, 0.2) is 0 Å². The fourth-order valence-electron chi connectivity index (χ4n) is 1.96. The van der Waals surface area contributed by atoms with Gasteiger partial charge in [-0.15, -0.1) is 0 Å². The molecule has 0 aromatic heterocycles. The second-order valence-corrected chi connectivity index (χ2v) is 6.68. The van der Waals surface area contributed by atoms with Crippen LogP contribution >= 0.6 is 35.1 Å². The van der Waals surface area contributed by atoms with Crippen LogP contribution in [-0.4, -0.2) is 16.4 Å². The van der Waals surface area contributed by atoms with Crippen LogP contribution in [0.2, 0.25) is 10.0 Å². The molecule has 88 valence electrons. The van der Waals surface area contributed by atoms with Crippen molar-refractivity contribution in [2.45, 2.75) is 37.1 Å². The first-order valence-electron chi connectivity index (χ1n) is 5.39. The van der Waals surface area contributed by atoms with Gasteiger partial charge in [-0.05, 0) is 56.8 Å². The van der Waals surface area contributed by atoms with Gasteiger partial charge in [-0.2, -0.15) is 0 Å². The van der Waals surface area contributed by atoms with E-state index in [-0.39, 0.29) is 5.54 Å². The molecular weight excluding hydrogens is 261 g/mol. The maximum atomic E-state index is 5.99. The average Bonchev–Trinajstić information content (AvgIpc) is 2.44. The van der Waals surface area contributed by atoms with Crippen molar-refractivity contribution in [3.05, 3.63) is 28.2 Å². The van der Waals surface area contributed by atoms with Crippen LogP contribution in [0.15, 0.2) is 23.1 Å². The maximum Gasteiger partial charge on any atom is 0.0432 e. The maximum absolute atomic E-state index is 5.99. The Morgan fingerprint density at radius 3 is 2.31 bits per heavy atom. The topological polar surface area (TPSA) is 3.24 Å². The first-order valence-corrected chi connectivity index (χ1v) is 6.92. The summed E-state index contributed by atoms with van der Waals surface area (Å²) in [6.07, 6.45) is 2.50. The highest BCUT2D eigenvalue weighted by Crippen LogP contribution is 2.39. The molecule has 1 aromatic rings. The summed E-state index contributed by atoms with van der Waals surface area (Å²) < 4.78 is 2.41. The predicted molar refractivity (Wildman–Crippen MR) is 72.3 cm³/mol. The summed E-state index contributed by atoms with van der Waals surface area (Å²) >= 11 is 13.7. The quantitative estimate of drug-likeness (QED) is 0.708. The van der Waals surface area contributed by atoms with Crippen LogP contribution in [0.1, 0.15) is 26.7 Å². The molecule has 1 aliphatic rings. The summed E-state index contributed by atoms with van der Waals surface area (Å²) in [6.45, 7) is 5.68. The van der Waals surface area contributed by atoms with E-state index in [0.29, 0.717) is 10.0 Å². The third-order valence-corrected chi connectivity index (χ3v) is 4.66. The average molecular weight is 276 g/mol. The molecule has 16 heavy (non-hydrogen) atoms. The minimum Gasteiger partial charge on any atom is -0.241 e. The van der Waals surface area contributed by atoms with E-state index in [1.54, 1.807) is 18.0 Å². The zero-order valence-corrected chi connectivity index (χ0v) is 11.8. The summed E-state index contributed by atoms with van der Waals surface area (Å²) in [6, 6.07) is 5.70. The van der Waals surface area contributed by atoms with Gasteiger partial charge >= 0.3 is 0 Å². The second-order valence-electron chi connectivity index (χ2n) is 4.71. The van der Waals surface area contributed by atoms with Gasteiger partial charge in [0, 0.05) is 27.0 Å². The van der Waals surface area contributed by atoms with Gasteiger partial charge in [-0.25, -0.2) is 4.31 Å². The molecular formula is C12H15Cl2NS. The van der Waals surface area contributed by atoms with E-state index in [4.69, 9.17) is 23.2 Å². The zero-order chi connectivity index (χ0) is 11.8. The molecule has 1 fully saturated rings. The minimum atomic E-state index is 0.263. The molecule has 0 saturated carbocycles. The van der Waals surface area contributed by atoms with Crippen LogP contribution in [0, 0.1) is 0 Å². The highest BCUT2D eigenvalue weighted by molar-refractivity contribution is 7.97. The molecule has 0 atom stereocenters. The Kier molecular flexibility index (Phi) is 3.75. The molecule has 0 spiro atoms. The van der Waals surface area contributed by atoms with Gasteiger partial charge < -0.3 is 0 Å². The Bertz CT molecular complexity index is 372. The van der Waals surface area contributed by atoms with Crippen molar-refractivity contribution in [3.8, 4) is 0 Å². The van der Waals surface area contributed by atoms with Crippen molar-refractivity contribution in [3.63, 3.8) is 0 Å². The lowest BCUT2D eigenvalue weighted by Gasteiger charge is -2.30. The molecule has 0 aliphatic carbocycles. The summed E-state index contributed by atoms with van der Waals surface area (Å²) in [5.74, 6) is 0. The molecule has 4 heteroatoms. The van der Waals surface area contributed by atoms with E-state index in [2.05, 4.69) is 18.2 Å². The monoisotopic (exact) mass is 275 g/mol. The van der Waals surface area contributed by atoms with E-state index in [9.17, 15) is 0 Å². The van der Waals surface area contributed by atoms with Crippen LogP contribution in [0.4, 0.5) is 0 Å². The Labute approximate surface area is 111 Å². The highest BCUT2D eigenvalue weighted by Gasteiger charge is 2.32. The fourth-order valence-corrected chi connectivity index (χ4v) is 3.79. The van der Waals surface area contributed by atoms with Gasteiger partial charge in [0.1, 0.15) is 0 Å². The molecule has 1 nitrogen and oxygen atoms in total. The Morgan fingerprint density at radius 2 is 1.81 bits per heavy atom. The SMILES string of the molecule is CC1(C)CCCN1Sc1cc(Cl)cc(Cl)c1. The molecule has 2 rings (SSSR count). The normalized spacial score (nSPS) is 20.2. The van der Waals surface area contributed by atoms with Gasteiger partial charge in [-0.3, -0.25) is 0 Å². The van der Waals surface area contributed by atoms with E-state index in [0.717, 1.165) is 11.4 Å². The van der Waals surface area contributed by atoms with Crippen LogP contribution in [0.3, 0.4) is 0 Å². The predicted octanol–water partition coefficient (Wildman–Crippen LogP) is 4.87. The lowest BCUT2D eigenvalue weighted by molar-refractivity contribution is 0.319. The largest absolute Gasteiger partial charge is 0.241 e. The van der Waals surface area contributed by atoms with Crippen molar-refractivity contribution < 1.29 is 0 Å². The summed E-state index contributed by atoms with van der Waals surface area (Å²) in [7, 11) is 0. The molecule has 1 saturated heterocycles. The van der Waals surface area contributed by atoms with Crippen molar-refractivity contribution in [1.82, 2.24) is 4.31 Å². The molecule has 0 amide bonds. The summed E-state index contributed by atoms with van der Waals surface area (Å²) in [4.78, 5) is 1.12. The molecule has 1 aromatic carbocycles. The fraction of sp³-hybridized carbons (Fsp3) is 0.500. The lowest BCUT2D eigenvalue weighted by Crippen LogP contribution is -2.32. The number of benzene rings is 1. The number of nitrogens with zero attached hydrogens (tertiary/aromatic N) is 1. The van der Waals surface area contributed by atoms with Gasteiger partial charge in [0.05, 0.1) is 0 Å². The Hall–Kier alpha value is 0.110. The van der Waals surface area contributed by atoms with Crippen molar-refractivity contribution in [1.29, 1.82) is 0 Å². The van der Waals surface area contributed by atoms with E-state index < -0.39 is 0 Å². The molecule has 1 aliphatic heterocycles. The summed E-state index contributed by atoms with van der Waals surface area (Å²) in [5, 5.41) is 1.40. The second kappa shape index (κ2) is 4.77. The van der Waals surface area contributed by atoms with Crippen LogP contribution in [0.25, 0.3) is 0 Å². The standard InChI is InChI=1S/C12H15Cl2NS/c1-12(2)4-3-5-15(12)16-11-7-9(13)6-10(14)8-11/h6-8H,3-5H2,1-2H3. The third kappa shape index (κ3) is 2.86. The van der Waals surface area contributed by atoms with Gasteiger partial charge in [0.25, 0.3) is 0 Å². The molecule has 0 bridgehead atoms. The smallest absolute Gasteiger partial charge is 0.0432 e. The number of rotatable bonds is 2. The molecule has 1 heterocycles. The van der Waals surface area contributed by atoms with Crippen LogP contribution in [0.5, 0.6) is 0 Å². The zero-order valence-electron chi connectivity index (χ0n) is 9.46. The number of hydrogen-bond acceptors (Lipinski definition) is 2. The van der Waals surface area contributed by atoms with Gasteiger partial charge in [-0.1, -0.05) is 23.2 Å². The van der Waals surface area contributed by atoms with Crippen molar-refractivity contribution >= 4 is 35.1 Å². The van der Waals surface area contributed by atoms with E-state index in [1.807, 2.05) is 12.1 Å². The van der Waals surface area contributed by atoms with E-state index in [1.165, 1.54) is 12.8 Å². The molecule has 0 radical (unpaired) electrons. The summed E-state index contributed by atoms with van der Waals surface area (Å²) in [5.41, 5.74) is 0.263. The number of halogens is 2. The minimum absolute atomic E-state index is 0.263. The Balaban J connectivity index is 2.14. The molecule has 0 N–H and O–H groups in total. The first-order chi connectivity index (χ1) is 7.47. The lowest BCUT2D eigenvalue weighted by atomic mass is 10.0. The molecule has 0 unspecified atom stereocenters. The van der Waals surface area contributed by atoms with Crippen molar-refractivity contribution in [2.75, 3.05) is 6.54 Å². The van der Waals surface area contributed by atoms with Gasteiger partial charge in [0.2, 0.25) is 0 Å². The highest BCUT2D eigenvalue weighted by atomic mass is 35.5. The van der Waals surface area contributed by atoms with Crippen molar-refractivity contribution in [2.24, 2.45) is 0 Å². The first kappa shape index (κ1) is 12.6. The third-order valence-electron chi connectivity index (χ3n) is 2.88. The Morgan fingerprint density at radius 1 is 1.19 bits per heavy atom. The van der Waals surface area contributed by atoms with Crippen LogP contribution < -0.4 is 0 Å². The number of hydrogen-bond donors (Lipinski definition) is 0. The van der Waals surface area contributed by atoms with Crippen LogP contribution in [-0.2, 0) is 0 Å². The van der Waals surface area contributed by atoms with E-state index >= 15 is 0 Å².